The smallest absolute Gasteiger partial charge is 0.184 e. The largest absolute Gasteiger partial charge is 0.345 e. The molecule has 2 heterocycles. The Balaban J connectivity index is 2.06. The summed E-state index contributed by atoms with van der Waals surface area (Å²) in [5, 5.41) is 0.567. The average Bonchev–Trinajstić information content (AvgIpc) is 2.88. The molecule has 0 saturated heterocycles. The number of pyridine rings is 1. The number of aryl methyl sites for hydroxylation is 1. The minimum atomic E-state index is -3.88. The standard InChI is InChI=1S/C15H11ClF2N2O2S/c1-8-4-12(18)9(5-11(8)17)7-23(21,22)13-6-19-15-10(13)2-3-14(16)20-15/h2-6H,7H2,1H3,(H,19,20). The van der Waals surface area contributed by atoms with Crippen LogP contribution in [0.2, 0.25) is 5.15 Å². The van der Waals surface area contributed by atoms with Gasteiger partial charge in [0.25, 0.3) is 0 Å². The first-order valence-corrected chi connectivity index (χ1v) is 8.62. The van der Waals surface area contributed by atoms with E-state index in [0.29, 0.717) is 11.0 Å². The van der Waals surface area contributed by atoms with Gasteiger partial charge in [0.2, 0.25) is 0 Å². The quantitative estimate of drug-likeness (QED) is 0.726. The lowest BCUT2D eigenvalue weighted by Crippen LogP contribution is -2.07. The molecule has 3 rings (SSSR count). The lowest BCUT2D eigenvalue weighted by atomic mass is 10.1. The summed E-state index contributed by atoms with van der Waals surface area (Å²) < 4.78 is 52.6. The normalized spacial score (nSPS) is 12.0. The summed E-state index contributed by atoms with van der Waals surface area (Å²) in [4.78, 5) is 6.65. The highest BCUT2D eigenvalue weighted by Gasteiger charge is 2.22. The SMILES string of the molecule is Cc1cc(F)c(CS(=O)(=O)c2c[nH]c3nc(Cl)ccc23)cc1F. The second-order valence-corrected chi connectivity index (χ2v) is 7.48. The van der Waals surface area contributed by atoms with Gasteiger partial charge < -0.3 is 4.98 Å². The minimum absolute atomic E-state index is 0.0305. The van der Waals surface area contributed by atoms with Gasteiger partial charge in [-0.3, -0.25) is 0 Å². The summed E-state index contributed by atoms with van der Waals surface area (Å²) in [7, 11) is -3.88. The van der Waals surface area contributed by atoms with Crippen LogP contribution in [0.4, 0.5) is 8.78 Å². The van der Waals surface area contributed by atoms with E-state index in [0.717, 1.165) is 12.1 Å². The Morgan fingerprint density at radius 3 is 2.70 bits per heavy atom. The molecule has 0 aliphatic rings. The number of hydrogen-bond acceptors (Lipinski definition) is 3. The molecule has 3 aromatic rings. The highest BCUT2D eigenvalue weighted by Crippen LogP contribution is 2.27. The van der Waals surface area contributed by atoms with Gasteiger partial charge in [-0.2, -0.15) is 0 Å². The van der Waals surface area contributed by atoms with Crippen LogP contribution < -0.4 is 0 Å². The summed E-state index contributed by atoms with van der Waals surface area (Å²) in [5.74, 6) is -2.05. The number of nitrogens with zero attached hydrogens (tertiary/aromatic N) is 1. The van der Waals surface area contributed by atoms with Gasteiger partial charge in [-0.05, 0) is 36.8 Å². The third kappa shape index (κ3) is 2.94. The van der Waals surface area contributed by atoms with Gasteiger partial charge in [0.15, 0.2) is 9.84 Å². The van der Waals surface area contributed by atoms with Crippen LogP contribution in [0, 0.1) is 18.6 Å². The van der Waals surface area contributed by atoms with Crippen molar-refractivity contribution in [2.75, 3.05) is 0 Å². The van der Waals surface area contributed by atoms with Gasteiger partial charge in [-0.1, -0.05) is 11.6 Å². The number of rotatable bonds is 3. The molecule has 1 N–H and O–H groups in total. The monoisotopic (exact) mass is 356 g/mol. The number of nitrogens with one attached hydrogen (secondary N) is 1. The predicted octanol–water partition coefficient (Wildman–Crippen LogP) is 3.78. The van der Waals surface area contributed by atoms with Gasteiger partial charge in [0.05, 0.1) is 10.6 Å². The van der Waals surface area contributed by atoms with E-state index in [-0.39, 0.29) is 21.2 Å². The molecule has 0 fully saturated rings. The van der Waals surface area contributed by atoms with Crippen molar-refractivity contribution in [3.05, 3.63) is 58.4 Å². The van der Waals surface area contributed by atoms with E-state index >= 15 is 0 Å². The Morgan fingerprint density at radius 1 is 1.22 bits per heavy atom. The van der Waals surface area contributed by atoms with E-state index in [1.807, 2.05) is 0 Å². The lowest BCUT2D eigenvalue weighted by molar-refractivity contribution is 0.575. The third-order valence-corrected chi connectivity index (χ3v) is 5.38. The van der Waals surface area contributed by atoms with Crippen molar-refractivity contribution in [1.82, 2.24) is 9.97 Å². The van der Waals surface area contributed by atoms with Crippen LogP contribution in [-0.2, 0) is 15.6 Å². The van der Waals surface area contributed by atoms with E-state index in [1.165, 1.54) is 25.3 Å². The summed E-state index contributed by atoms with van der Waals surface area (Å²) in [5.41, 5.74) is 0.214. The first kappa shape index (κ1) is 15.9. The Labute approximate surface area is 136 Å². The fourth-order valence-corrected chi connectivity index (χ4v) is 3.97. The van der Waals surface area contributed by atoms with E-state index in [1.54, 1.807) is 0 Å². The second kappa shape index (κ2) is 5.58. The maximum atomic E-state index is 13.9. The van der Waals surface area contributed by atoms with Crippen molar-refractivity contribution in [3.8, 4) is 0 Å². The molecular formula is C15H11ClF2N2O2S. The Kier molecular flexibility index (Phi) is 3.85. The molecule has 23 heavy (non-hydrogen) atoms. The van der Waals surface area contributed by atoms with Gasteiger partial charge >= 0.3 is 0 Å². The maximum Gasteiger partial charge on any atom is 0.184 e. The van der Waals surface area contributed by atoms with Crippen molar-refractivity contribution < 1.29 is 17.2 Å². The van der Waals surface area contributed by atoms with Crippen molar-refractivity contribution in [2.45, 2.75) is 17.6 Å². The number of halogens is 3. The average molecular weight is 357 g/mol. The molecule has 4 nitrogen and oxygen atoms in total. The highest BCUT2D eigenvalue weighted by molar-refractivity contribution is 7.90. The van der Waals surface area contributed by atoms with Crippen LogP contribution in [0.3, 0.4) is 0 Å². The summed E-state index contributed by atoms with van der Waals surface area (Å²) >= 11 is 5.75. The zero-order valence-corrected chi connectivity index (χ0v) is 13.5. The van der Waals surface area contributed by atoms with Crippen LogP contribution in [-0.4, -0.2) is 18.4 Å². The molecule has 0 unspecified atom stereocenters. The molecule has 8 heteroatoms. The lowest BCUT2D eigenvalue weighted by Gasteiger charge is -2.07. The maximum absolute atomic E-state index is 13.9. The molecule has 0 saturated carbocycles. The van der Waals surface area contributed by atoms with Crippen molar-refractivity contribution in [2.24, 2.45) is 0 Å². The van der Waals surface area contributed by atoms with E-state index in [9.17, 15) is 17.2 Å². The summed E-state index contributed by atoms with van der Waals surface area (Å²) in [6, 6.07) is 4.87. The number of aromatic nitrogens is 2. The fraction of sp³-hybridized carbons (Fsp3) is 0.133. The van der Waals surface area contributed by atoms with Crippen LogP contribution in [0.15, 0.2) is 35.4 Å². The second-order valence-electron chi connectivity index (χ2n) is 5.13. The number of benzene rings is 1. The molecule has 0 aliphatic heterocycles. The van der Waals surface area contributed by atoms with Crippen molar-refractivity contribution >= 4 is 32.5 Å². The zero-order chi connectivity index (χ0) is 16.8. The van der Waals surface area contributed by atoms with Gasteiger partial charge in [0, 0.05) is 17.1 Å². The van der Waals surface area contributed by atoms with Crippen LogP contribution in [0.5, 0.6) is 0 Å². The van der Waals surface area contributed by atoms with E-state index < -0.39 is 27.2 Å². The van der Waals surface area contributed by atoms with Crippen molar-refractivity contribution in [3.63, 3.8) is 0 Å². The molecule has 0 spiro atoms. The first-order valence-electron chi connectivity index (χ1n) is 6.59. The fourth-order valence-electron chi connectivity index (χ4n) is 2.29. The summed E-state index contributed by atoms with van der Waals surface area (Å²) in [6.45, 7) is 1.41. The number of hydrogen-bond donors (Lipinski definition) is 1. The summed E-state index contributed by atoms with van der Waals surface area (Å²) in [6.07, 6.45) is 1.27. The Hall–Kier alpha value is -1.99. The molecule has 0 amide bonds. The molecule has 1 aromatic carbocycles. The van der Waals surface area contributed by atoms with Crippen LogP contribution >= 0.6 is 11.6 Å². The van der Waals surface area contributed by atoms with E-state index in [2.05, 4.69) is 9.97 Å². The van der Waals surface area contributed by atoms with Crippen LogP contribution in [0.1, 0.15) is 11.1 Å². The first-order chi connectivity index (χ1) is 10.8. The zero-order valence-electron chi connectivity index (χ0n) is 11.9. The molecule has 0 radical (unpaired) electrons. The molecular weight excluding hydrogens is 346 g/mol. The molecule has 0 aliphatic carbocycles. The number of fused-ring (bicyclic) bond motifs is 1. The predicted molar refractivity (Wildman–Crippen MR) is 83.1 cm³/mol. The number of sulfone groups is 1. The number of aromatic amines is 1. The van der Waals surface area contributed by atoms with Gasteiger partial charge in [0.1, 0.15) is 22.4 Å². The minimum Gasteiger partial charge on any atom is -0.345 e. The molecule has 2 aromatic heterocycles. The Bertz CT molecular complexity index is 1020. The topological polar surface area (TPSA) is 62.8 Å². The van der Waals surface area contributed by atoms with E-state index in [4.69, 9.17) is 11.6 Å². The molecule has 0 bridgehead atoms. The van der Waals surface area contributed by atoms with Crippen LogP contribution in [0.25, 0.3) is 11.0 Å². The third-order valence-electron chi connectivity index (χ3n) is 3.47. The Morgan fingerprint density at radius 2 is 1.96 bits per heavy atom. The number of H-pyrrole nitrogens is 1. The highest BCUT2D eigenvalue weighted by atomic mass is 35.5. The van der Waals surface area contributed by atoms with Gasteiger partial charge in [-0.25, -0.2) is 22.2 Å². The molecule has 0 atom stereocenters. The van der Waals surface area contributed by atoms with Crippen molar-refractivity contribution in [1.29, 1.82) is 0 Å². The van der Waals surface area contributed by atoms with Gasteiger partial charge in [-0.15, -0.1) is 0 Å². The molecule has 120 valence electrons.